The number of phenols is 1. The van der Waals surface area contributed by atoms with Crippen LogP contribution in [0.25, 0.3) is 0 Å². The zero-order valence-corrected chi connectivity index (χ0v) is 12.5. The standard InChI is InChI=1S/C17H26O2/c1-10-5-12(3)16(18)14(7-10)9-15-8-11(2)6-13(4)17(15)19/h5,7,11,13,15,17-19H,6,8-9H2,1-4H3. The maximum atomic E-state index is 10.4. The van der Waals surface area contributed by atoms with E-state index in [1.807, 2.05) is 13.0 Å². The van der Waals surface area contributed by atoms with E-state index in [0.29, 0.717) is 17.6 Å². The fourth-order valence-corrected chi connectivity index (χ4v) is 3.68. The van der Waals surface area contributed by atoms with Crippen LogP contribution >= 0.6 is 0 Å². The van der Waals surface area contributed by atoms with Crippen LogP contribution in [-0.2, 0) is 6.42 Å². The van der Waals surface area contributed by atoms with Crippen molar-refractivity contribution in [1.82, 2.24) is 0 Å². The lowest BCUT2D eigenvalue weighted by atomic mass is 9.72. The van der Waals surface area contributed by atoms with Crippen molar-refractivity contribution in [3.8, 4) is 5.75 Å². The van der Waals surface area contributed by atoms with Crippen molar-refractivity contribution in [3.05, 3.63) is 28.8 Å². The highest BCUT2D eigenvalue weighted by atomic mass is 16.3. The number of aromatic hydroxyl groups is 1. The second-order valence-corrected chi connectivity index (χ2v) is 6.60. The molecule has 0 spiro atoms. The van der Waals surface area contributed by atoms with Gasteiger partial charge in [0.15, 0.2) is 0 Å². The minimum absolute atomic E-state index is 0.239. The number of aryl methyl sites for hydroxylation is 2. The van der Waals surface area contributed by atoms with Crippen LogP contribution < -0.4 is 0 Å². The first-order chi connectivity index (χ1) is 8.88. The van der Waals surface area contributed by atoms with E-state index in [9.17, 15) is 10.2 Å². The Balaban J connectivity index is 2.20. The maximum Gasteiger partial charge on any atom is 0.121 e. The summed E-state index contributed by atoms with van der Waals surface area (Å²) in [5.41, 5.74) is 3.10. The molecular weight excluding hydrogens is 236 g/mol. The first-order valence-electron chi connectivity index (χ1n) is 7.35. The van der Waals surface area contributed by atoms with E-state index in [4.69, 9.17) is 0 Å². The molecule has 1 aromatic carbocycles. The Labute approximate surface area is 116 Å². The van der Waals surface area contributed by atoms with E-state index < -0.39 is 0 Å². The summed E-state index contributed by atoms with van der Waals surface area (Å²) in [6, 6.07) is 4.06. The number of aliphatic hydroxyl groups is 1. The van der Waals surface area contributed by atoms with Gasteiger partial charge in [0, 0.05) is 0 Å². The molecule has 2 nitrogen and oxygen atoms in total. The lowest BCUT2D eigenvalue weighted by Crippen LogP contribution is -2.36. The van der Waals surface area contributed by atoms with Gasteiger partial charge in [-0.1, -0.05) is 31.5 Å². The summed E-state index contributed by atoms with van der Waals surface area (Å²) in [6.07, 6.45) is 2.70. The van der Waals surface area contributed by atoms with E-state index in [0.717, 1.165) is 30.4 Å². The Morgan fingerprint density at radius 3 is 2.53 bits per heavy atom. The van der Waals surface area contributed by atoms with Gasteiger partial charge in [0.25, 0.3) is 0 Å². The molecule has 0 bridgehead atoms. The molecule has 0 aliphatic heterocycles. The van der Waals surface area contributed by atoms with Crippen LogP contribution in [0.15, 0.2) is 12.1 Å². The molecule has 0 radical (unpaired) electrons. The van der Waals surface area contributed by atoms with Gasteiger partial charge in [0.05, 0.1) is 6.10 Å². The third-order valence-electron chi connectivity index (χ3n) is 4.55. The summed E-state index contributed by atoms with van der Waals surface area (Å²) in [4.78, 5) is 0. The van der Waals surface area contributed by atoms with Gasteiger partial charge < -0.3 is 10.2 Å². The number of rotatable bonds is 2. The SMILES string of the molecule is Cc1cc(C)c(O)c(CC2CC(C)CC(C)C2O)c1. The number of phenolic OH excluding ortho intramolecular Hbond substituents is 1. The van der Waals surface area contributed by atoms with Gasteiger partial charge in [-0.05, 0) is 62.0 Å². The number of aliphatic hydroxyl groups excluding tert-OH is 1. The van der Waals surface area contributed by atoms with Crippen LogP contribution in [0.5, 0.6) is 5.75 Å². The molecule has 2 heteroatoms. The van der Waals surface area contributed by atoms with Crippen molar-refractivity contribution in [1.29, 1.82) is 0 Å². The molecule has 1 aliphatic rings. The van der Waals surface area contributed by atoms with Gasteiger partial charge in [-0.2, -0.15) is 0 Å². The van der Waals surface area contributed by atoms with Gasteiger partial charge in [0.2, 0.25) is 0 Å². The predicted molar refractivity (Wildman–Crippen MR) is 78.3 cm³/mol. The molecule has 0 heterocycles. The lowest BCUT2D eigenvalue weighted by Gasteiger charge is -2.36. The second-order valence-electron chi connectivity index (χ2n) is 6.60. The largest absolute Gasteiger partial charge is 0.507 e. The monoisotopic (exact) mass is 262 g/mol. The Bertz CT molecular complexity index is 453. The zero-order valence-electron chi connectivity index (χ0n) is 12.5. The Morgan fingerprint density at radius 1 is 1.16 bits per heavy atom. The molecule has 4 unspecified atom stereocenters. The summed E-state index contributed by atoms with van der Waals surface area (Å²) >= 11 is 0. The smallest absolute Gasteiger partial charge is 0.121 e. The molecule has 106 valence electrons. The summed E-state index contributed by atoms with van der Waals surface area (Å²) in [5, 5.41) is 20.6. The summed E-state index contributed by atoms with van der Waals surface area (Å²) in [6.45, 7) is 8.39. The summed E-state index contributed by atoms with van der Waals surface area (Å²) in [7, 11) is 0. The van der Waals surface area contributed by atoms with Crippen LogP contribution in [-0.4, -0.2) is 16.3 Å². The fourth-order valence-electron chi connectivity index (χ4n) is 3.68. The molecule has 19 heavy (non-hydrogen) atoms. The topological polar surface area (TPSA) is 40.5 Å². The molecule has 1 fully saturated rings. The minimum atomic E-state index is -0.239. The second kappa shape index (κ2) is 5.54. The van der Waals surface area contributed by atoms with Crippen molar-refractivity contribution in [3.63, 3.8) is 0 Å². The molecule has 1 saturated carbocycles. The fraction of sp³-hybridized carbons (Fsp3) is 0.647. The van der Waals surface area contributed by atoms with Crippen molar-refractivity contribution in [2.24, 2.45) is 17.8 Å². The first-order valence-corrected chi connectivity index (χ1v) is 7.35. The molecule has 0 amide bonds. The van der Waals surface area contributed by atoms with Crippen molar-refractivity contribution in [2.75, 3.05) is 0 Å². The molecule has 0 saturated heterocycles. The van der Waals surface area contributed by atoms with Crippen LogP contribution in [0.4, 0.5) is 0 Å². The average molecular weight is 262 g/mol. The quantitative estimate of drug-likeness (QED) is 0.855. The molecule has 0 aromatic heterocycles. The van der Waals surface area contributed by atoms with Crippen LogP contribution in [0.1, 0.15) is 43.4 Å². The maximum absolute atomic E-state index is 10.4. The molecular formula is C17H26O2. The van der Waals surface area contributed by atoms with Gasteiger partial charge in [-0.25, -0.2) is 0 Å². The highest BCUT2D eigenvalue weighted by Gasteiger charge is 2.33. The number of hydrogen-bond donors (Lipinski definition) is 2. The number of hydrogen-bond acceptors (Lipinski definition) is 2. The van der Waals surface area contributed by atoms with Crippen LogP contribution in [0.3, 0.4) is 0 Å². The zero-order chi connectivity index (χ0) is 14.2. The summed E-state index contributed by atoms with van der Waals surface area (Å²) < 4.78 is 0. The highest BCUT2D eigenvalue weighted by molar-refractivity contribution is 5.43. The Morgan fingerprint density at radius 2 is 1.84 bits per heavy atom. The van der Waals surface area contributed by atoms with Crippen molar-refractivity contribution < 1.29 is 10.2 Å². The summed E-state index contributed by atoms with van der Waals surface area (Å²) in [5.74, 6) is 1.70. The Kier molecular flexibility index (Phi) is 4.19. The van der Waals surface area contributed by atoms with E-state index in [-0.39, 0.29) is 12.0 Å². The van der Waals surface area contributed by atoms with Gasteiger partial charge in [0.1, 0.15) is 5.75 Å². The third-order valence-corrected chi connectivity index (χ3v) is 4.55. The normalized spacial score (nSPS) is 31.4. The predicted octanol–water partition coefficient (Wildman–Crippen LogP) is 3.59. The number of benzene rings is 1. The molecule has 4 atom stereocenters. The van der Waals surface area contributed by atoms with E-state index >= 15 is 0 Å². The van der Waals surface area contributed by atoms with Crippen molar-refractivity contribution >= 4 is 0 Å². The van der Waals surface area contributed by atoms with Crippen LogP contribution in [0, 0.1) is 31.6 Å². The third kappa shape index (κ3) is 3.11. The Hall–Kier alpha value is -1.02. The molecule has 1 aromatic rings. The average Bonchev–Trinajstić information content (AvgIpc) is 2.31. The van der Waals surface area contributed by atoms with E-state index in [1.54, 1.807) is 0 Å². The molecule has 2 N–H and O–H groups in total. The van der Waals surface area contributed by atoms with Gasteiger partial charge in [-0.15, -0.1) is 0 Å². The molecule has 2 rings (SSSR count). The van der Waals surface area contributed by atoms with Crippen LogP contribution in [0.2, 0.25) is 0 Å². The van der Waals surface area contributed by atoms with Gasteiger partial charge in [-0.3, -0.25) is 0 Å². The van der Waals surface area contributed by atoms with E-state index in [2.05, 4.69) is 26.8 Å². The molecule has 1 aliphatic carbocycles. The lowest BCUT2D eigenvalue weighted by molar-refractivity contribution is 0.00701. The van der Waals surface area contributed by atoms with E-state index in [1.165, 1.54) is 5.56 Å². The minimum Gasteiger partial charge on any atom is -0.507 e. The first kappa shape index (κ1) is 14.4. The van der Waals surface area contributed by atoms with Gasteiger partial charge >= 0.3 is 0 Å². The van der Waals surface area contributed by atoms with Crippen molar-refractivity contribution in [2.45, 2.75) is 53.1 Å². The highest BCUT2D eigenvalue weighted by Crippen LogP contribution is 2.37.